The topological polar surface area (TPSA) is 72.8 Å². The van der Waals surface area contributed by atoms with E-state index in [1.54, 1.807) is 0 Å². The van der Waals surface area contributed by atoms with Crippen molar-refractivity contribution in [1.29, 1.82) is 0 Å². The normalized spacial score (nSPS) is 15.8. The predicted molar refractivity (Wildman–Crippen MR) is 68.2 cm³/mol. The summed E-state index contributed by atoms with van der Waals surface area (Å²) in [7, 11) is -4.93. The van der Waals surface area contributed by atoms with Crippen LogP contribution in [-0.2, 0) is 19.3 Å². The Morgan fingerprint density at radius 3 is 1.53 bits per heavy atom. The lowest BCUT2D eigenvalue weighted by Gasteiger charge is -2.39. The van der Waals surface area contributed by atoms with Gasteiger partial charge in [-0.05, 0) is 6.08 Å². The van der Waals surface area contributed by atoms with Crippen molar-refractivity contribution in [1.82, 2.24) is 0 Å². The van der Waals surface area contributed by atoms with E-state index in [1.807, 2.05) is 0 Å². The van der Waals surface area contributed by atoms with Gasteiger partial charge in [0.25, 0.3) is 0 Å². The van der Waals surface area contributed by atoms with Crippen LogP contribution in [0.2, 0.25) is 0 Å². The molecule has 0 atom stereocenters. The van der Waals surface area contributed by atoms with Crippen molar-refractivity contribution < 1.29 is 79.0 Å². The summed E-state index contributed by atoms with van der Waals surface area (Å²) in [5.74, 6) is -37.5. The van der Waals surface area contributed by atoms with Gasteiger partial charge in [-0.3, -0.25) is 4.55 Å². The van der Waals surface area contributed by atoms with Crippen molar-refractivity contribution >= 4 is 10.4 Å². The molecule has 0 aromatic rings. The number of alkyl halides is 13. The molecule has 0 amide bonds. The molecule has 0 aromatic carbocycles. The van der Waals surface area contributed by atoms with Gasteiger partial charge in [-0.2, -0.15) is 65.5 Å². The van der Waals surface area contributed by atoms with E-state index >= 15 is 0 Å². The summed E-state index contributed by atoms with van der Waals surface area (Å²) in [5, 5.41) is 0. The van der Waals surface area contributed by atoms with Gasteiger partial charge in [-0.1, -0.05) is 6.08 Å². The molecule has 0 saturated heterocycles. The maximum atomic E-state index is 13.3. The first-order valence-corrected chi connectivity index (χ1v) is 8.15. The average Bonchev–Trinajstić information content (AvgIpc) is 2.50. The molecule has 0 aliphatic rings. The SMILES string of the molecule is O=S(=O)(O)OCCOC/C=C/C(F)(F)C(F)(F)C(F)(F)C(F)(F)C(F)(F)C(F)(F)F. The van der Waals surface area contributed by atoms with Gasteiger partial charge in [0, 0.05) is 0 Å². The Bertz CT molecular complexity index is 713. The maximum Gasteiger partial charge on any atom is 0.460 e. The first-order chi connectivity index (χ1) is 13.0. The molecule has 0 bridgehead atoms. The third-order valence-electron chi connectivity index (χ3n) is 2.96. The van der Waals surface area contributed by atoms with Crippen LogP contribution in [0.15, 0.2) is 12.2 Å². The van der Waals surface area contributed by atoms with Crippen molar-refractivity contribution in [2.75, 3.05) is 19.8 Å². The summed E-state index contributed by atoms with van der Waals surface area (Å²) >= 11 is 0. The Kier molecular flexibility index (Phi) is 8.27. The molecule has 0 aliphatic carbocycles. The van der Waals surface area contributed by atoms with Crippen LogP contribution in [0.3, 0.4) is 0 Å². The molecular formula is C11H9F13O5S. The fraction of sp³-hybridized carbons (Fsp3) is 0.818. The molecule has 0 heterocycles. The minimum Gasteiger partial charge on any atom is -0.375 e. The van der Waals surface area contributed by atoms with Gasteiger partial charge in [0.05, 0.1) is 19.8 Å². The van der Waals surface area contributed by atoms with E-state index < -0.39 is 72.1 Å². The maximum absolute atomic E-state index is 13.3. The van der Waals surface area contributed by atoms with Gasteiger partial charge in [0.1, 0.15) is 0 Å². The lowest BCUT2D eigenvalue weighted by Crippen LogP contribution is -2.69. The van der Waals surface area contributed by atoms with Crippen LogP contribution < -0.4 is 0 Å². The Balaban J connectivity index is 5.46. The molecule has 0 saturated carbocycles. The third-order valence-corrected chi connectivity index (χ3v) is 3.42. The van der Waals surface area contributed by atoms with E-state index in [4.69, 9.17) is 4.55 Å². The van der Waals surface area contributed by atoms with E-state index in [0.29, 0.717) is 0 Å². The van der Waals surface area contributed by atoms with E-state index in [9.17, 15) is 65.5 Å². The first-order valence-electron chi connectivity index (χ1n) is 6.79. The van der Waals surface area contributed by atoms with Gasteiger partial charge in [-0.25, -0.2) is 4.18 Å². The van der Waals surface area contributed by atoms with Crippen LogP contribution in [-0.4, -0.2) is 68.6 Å². The number of rotatable bonds is 11. The zero-order valence-corrected chi connectivity index (χ0v) is 14.5. The Morgan fingerprint density at radius 1 is 0.700 bits per heavy atom. The summed E-state index contributed by atoms with van der Waals surface area (Å²) in [6, 6.07) is 0. The summed E-state index contributed by atoms with van der Waals surface area (Å²) in [6.45, 7) is -3.00. The van der Waals surface area contributed by atoms with Gasteiger partial charge >= 0.3 is 46.2 Å². The molecule has 5 nitrogen and oxygen atoms in total. The molecule has 0 aliphatic heterocycles. The summed E-state index contributed by atoms with van der Waals surface area (Å²) < 4.78 is 202. The fourth-order valence-corrected chi connectivity index (χ4v) is 1.71. The second kappa shape index (κ2) is 8.65. The number of hydrogen-bond donors (Lipinski definition) is 1. The van der Waals surface area contributed by atoms with E-state index in [-0.39, 0.29) is 6.08 Å². The molecule has 0 rings (SSSR count). The highest BCUT2D eigenvalue weighted by Crippen LogP contribution is 2.60. The standard InChI is InChI=1S/C11H9F13O5S/c12-6(13,2-1-3-28-4-5-29-30(25,26)27)7(14,15)8(16,17)9(18,19)10(20,21)11(22,23)24/h1-2H,3-5H2,(H,25,26,27)/b2-1+. The second-order valence-electron chi connectivity index (χ2n) is 5.15. The molecule has 1 N–H and O–H groups in total. The van der Waals surface area contributed by atoms with Crippen LogP contribution in [0.25, 0.3) is 0 Å². The molecule has 0 radical (unpaired) electrons. The van der Waals surface area contributed by atoms with E-state index in [1.165, 1.54) is 0 Å². The van der Waals surface area contributed by atoms with Crippen molar-refractivity contribution in [2.24, 2.45) is 0 Å². The van der Waals surface area contributed by atoms with Crippen molar-refractivity contribution in [2.45, 2.75) is 35.8 Å². The smallest absolute Gasteiger partial charge is 0.375 e. The Labute approximate surface area is 158 Å². The largest absolute Gasteiger partial charge is 0.460 e. The monoisotopic (exact) mass is 500 g/mol. The van der Waals surface area contributed by atoms with Gasteiger partial charge in [0.15, 0.2) is 0 Å². The first kappa shape index (κ1) is 28.7. The molecule has 0 spiro atoms. The number of halogens is 13. The number of allylic oxidation sites excluding steroid dienone is 1. The van der Waals surface area contributed by atoms with Crippen LogP contribution in [0.1, 0.15) is 0 Å². The minimum atomic E-state index is -7.98. The second-order valence-corrected chi connectivity index (χ2v) is 6.24. The van der Waals surface area contributed by atoms with Gasteiger partial charge < -0.3 is 4.74 Å². The molecule has 0 aromatic heterocycles. The van der Waals surface area contributed by atoms with Crippen molar-refractivity contribution in [3.8, 4) is 0 Å². The molecule has 0 fully saturated rings. The lowest BCUT2D eigenvalue weighted by atomic mass is 9.94. The highest BCUT2D eigenvalue weighted by atomic mass is 32.3. The van der Waals surface area contributed by atoms with E-state index in [0.717, 1.165) is 0 Å². The number of ether oxygens (including phenoxy) is 1. The van der Waals surface area contributed by atoms with Crippen LogP contribution in [0.5, 0.6) is 0 Å². The quantitative estimate of drug-likeness (QED) is 0.200. The number of hydrogen-bond acceptors (Lipinski definition) is 4. The minimum absolute atomic E-state index is 0.239. The molecule has 180 valence electrons. The van der Waals surface area contributed by atoms with Crippen LogP contribution in [0, 0.1) is 0 Å². The van der Waals surface area contributed by atoms with Crippen molar-refractivity contribution in [3.63, 3.8) is 0 Å². The van der Waals surface area contributed by atoms with Crippen LogP contribution in [0.4, 0.5) is 57.1 Å². The molecule has 30 heavy (non-hydrogen) atoms. The highest BCUT2D eigenvalue weighted by Gasteiger charge is 2.90. The Morgan fingerprint density at radius 2 is 1.13 bits per heavy atom. The summed E-state index contributed by atoms with van der Waals surface area (Å²) in [6.07, 6.45) is -8.96. The van der Waals surface area contributed by atoms with Crippen LogP contribution >= 0.6 is 0 Å². The fourth-order valence-electron chi connectivity index (χ4n) is 1.43. The summed E-state index contributed by atoms with van der Waals surface area (Å²) in [5.41, 5.74) is 0. The summed E-state index contributed by atoms with van der Waals surface area (Å²) in [4.78, 5) is 0. The van der Waals surface area contributed by atoms with Gasteiger partial charge in [0.2, 0.25) is 0 Å². The third kappa shape index (κ3) is 5.67. The molecule has 0 unspecified atom stereocenters. The predicted octanol–water partition coefficient (Wildman–Crippen LogP) is 4.12. The lowest BCUT2D eigenvalue weighted by molar-refractivity contribution is -0.436. The average molecular weight is 500 g/mol. The highest BCUT2D eigenvalue weighted by molar-refractivity contribution is 7.80. The molecular weight excluding hydrogens is 491 g/mol. The Hall–Kier alpha value is -1.34. The zero-order valence-electron chi connectivity index (χ0n) is 13.7. The van der Waals surface area contributed by atoms with E-state index in [2.05, 4.69) is 8.92 Å². The van der Waals surface area contributed by atoms with Gasteiger partial charge in [-0.15, -0.1) is 0 Å². The zero-order chi connectivity index (χ0) is 24.4. The van der Waals surface area contributed by atoms with Crippen molar-refractivity contribution in [3.05, 3.63) is 12.2 Å². The molecule has 19 heteroatoms.